The Bertz CT molecular complexity index is 401. The van der Waals surface area contributed by atoms with Crippen LogP contribution in [0.5, 0.6) is 0 Å². The van der Waals surface area contributed by atoms with E-state index in [1.54, 1.807) is 0 Å². The third-order valence-electron chi connectivity index (χ3n) is 2.03. The molecule has 0 heterocycles. The number of alkyl halides is 1. The van der Waals surface area contributed by atoms with Crippen LogP contribution in [0, 0.1) is 11.6 Å². The van der Waals surface area contributed by atoms with Crippen LogP contribution in [0.15, 0.2) is 18.2 Å². The Morgan fingerprint density at radius 2 is 2.24 bits per heavy atom. The van der Waals surface area contributed by atoms with Gasteiger partial charge in [0.25, 0.3) is 5.91 Å². The Morgan fingerprint density at radius 3 is 2.88 bits per heavy atom. The van der Waals surface area contributed by atoms with Gasteiger partial charge in [0.05, 0.1) is 17.5 Å². The van der Waals surface area contributed by atoms with Gasteiger partial charge in [-0.2, -0.15) is 0 Å². The molecule has 1 amide bonds. The molecule has 94 valence electrons. The molecule has 1 aromatic carbocycles. The number of amides is 1. The molecule has 3 nitrogen and oxygen atoms in total. The lowest BCUT2D eigenvalue weighted by Crippen LogP contribution is -2.32. The Morgan fingerprint density at radius 1 is 1.53 bits per heavy atom. The summed E-state index contributed by atoms with van der Waals surface area (Å²) in [5, 5.41) is 1.98. The van der Waals surface area contributed by atoms with E-state index in [-0.39, 0.29) is 18.7 Å². The molecule has 1 atom stereocenters. The second-order valence-corrected chi connectivity index (χ2v) is 3.98. The van der Waals surface area contributed by atoms with Crippen molar-refractivity contribution in [2.24, 2.45) is 0 Å². The maximum absolute atomic E-state index is 13.2. The van der Waals surface area contributed by atoms with E-state index in [0.29, 0.717) is 0 Å². The van der Waals surface area contributed by atoms with Gasteiger partial charge in [-0.05, 0) is 12.1 Å². The Labute approximate surface area is 103 Å². The standard InChI is InChI=1S/C11H12ClF2NO2/c1-17-6-7(12)5-15-11(16)8-3-2-4-9(13)10(8)14/h2-4,7H,5-6H2,1H3,(H,15,16). The van der Waals surface area contributed by atoms with Crippen molar-refractivity contribution in [2.75, 3.05) is 20.3 Å². The molecule has 0 saturated heterocycles. The van der Waals surface area contributed by atoms with Crippen LogP contribution in [0.25, 0.3) is 0 Å². The topological polar surface area (TPSA) is 38.3 Å². The highest BCUT2D eigenvalue weighted by atomic mass is 35.5. The number of halogens is 3. The molecule has 0 bridgehead atoms. The predicted molar refractivity (Wildman–Crippen MR) is 60.2 cm³/mol. The summed E-state index contributed by atoms with van der Waals surface area (Å²) in [4.78, 5) is 11.5. The van der Waals surface area contributed by atoms with Crippen LogP contribution in [0.2, 0.25) is 0 Å². The third-order valence-corrected chi connectivity index (χ3v) is 2.31. The molecule has 6 heteroatoms. The molecule has 0 radical (unpaired) electrons. The average molecular weight is 264 g/mol. The predicted octanol–water partition coefficient (Wildman–Crippen LogP) is 1.95. The Hall–Kier alpha value is -1.20. The molecule has 0 spiro atoms. The Kier molecular flexibility index (Phi) is 5.31. The number of rotatable bonds is 5. The van der Waals surface area contributed by atoms with E-state index in [9.17, 15) is 13.6 Å². The SMILES string of the molecule is COCC(Cl)CNC(=O)c1cccc(F)c1F. The fourth-order valence-electron chi connectivity index (χ4n) is 1.22. The normalized spacial score (nSPS) is 12.2. The van der Waals surface area contributed by atoms with E-state index >= 15 is 0 Å². The minimum Gasteiger partial charge on any atom is -0.383 e. The molecular weight excluding hydrogens is 252 g/mol. The fourth-order valence-corrected chi connectivity index (χ4v) is 1.42. The van der Waals surface area contributed by atoms with Gasteiger partial charge in [0, 0.05) is 13.7 Å². The van der Waals surface area contributed by atoms with Gasteiger partial charge in [-0.25, -0.2) is 8.78 Å². The van der Waals surface area contributed by atoms with Crippen LogP contribution in [-0.2, 0) is 4.74 Å². The van der Waals surface area contributed by atoms with Crippen LogP contribution in [0.3, 0.4) is 0 Å². The smallest absolute Gasteiger partial charge is 0.254 e. The lowest BCUT2D eigenvalue weighted by Gasteiger charge is -2.10. The van der Waals surface area contributed by atoms with Crippen LogP contribution in [-0.4, -0.2) is 31.5 Å². The van der Waals surface area contributed by atoms with Gasteiger partial charge in [0.2, 0.25) is 0 Å². The van der Waals surface area contributed by atoms with Crippen molar-refractivity contribution in [3.63, 3.8) is 0 Å². The highest BCUT2D eigenvalue weighted by Gasteiger charge is 2.15. The van der Waals surface area contributed by atoms with Gasteiger partial charge < -0.3 is 10.1 Å². The van der Waals surface area contributed by atoms with E-state index in [2.05, 4.69) is 5.32 Å². The number of nitrogens with one attached hydrogen (secondary N) is 1. The van der Waals surface area contributed by atoms with Crippen molar-refractivity contribution >= 4 is 17.5 Å². The summed E-state index contributed by atoms with van der Waals surface area (Å²) in [6.45, 7) is 0.373. The number of methoxy groups -OCH3 is 1. The van der Waals surface area contributed by atoms with Crippen molar-refractivity contribution < 1.29 is 18.3 Å². The first-order chi connectivity index (χ1) is 8.06. The average Bonchev–Trinajstić information content (AvgIpc) is 2.30. The lowest BCUT2D eigenvalue weighted by molar-refractivity contribution is 0.0944. The van der Waals surface area contributed by atoms with Crippen molar-refractivity contribution in [3.8, 4) is 0 Å². The Balaban J connectivity index is 2.61. The van der Waals surface area contributed by atoms with E-state index in [1.807, 2.05) is 0 Å². The van der Waals surface area contributed by atoms with Crippen LogP contribution < -0.4 is 5.32 Å². The van der Waals surface area contributed by atoms with Gasteiger partial charge >= 0.3 is 0 Å². The summed E-state index contributed by atoms with van der Waals surface area (Å²) >= 11 is 5.78. The molecule has 0 aliphatic rings. The number of ether oxygens (including phenoxy) is 1. The largest absolute Gasteiger partial charge is 0.383 e. The second-order valence-electron chi connectivity index (χ2n) is 3.36. The van der Waals surface area contributed by atoms with Crippen molar-refractivity contribution in [1.29, 1.82) is 0 Å². The summed E-state index contributed by atoms with van der Waals surface area (Å²) in [5.74, 6) is -2.93. The summed E-state index contributed by atoms with van der Waals surface area (Å²) in [6, 6.07) is 3.41. The fraction of sp³-hybridized carbons (Fsp3) is 0.364. The van der Waals surface area contributed by atoms with Crippen LogP contribution >= 0.6 is 11.6 Å². The van der Waals surface area contributed by atoms with Gasteiger partial charge in [0.15, 0.2) is 11.6 Å². The summed E-state index contributed by atoms with van der Waals surface area (Å²) in [5.41, 5.74) is -0.341. The first-order valence-corrected chi connectivity index (χ1v) is 5.35. The van der Waals surface area contributed by atoms with Gasteiger partial charge in [0.1, 0.15) is 0 Å². The lowest BCUT2D eigenvalue weighted by atomic mass is 10.2. The van der Waals surface area contributed by atoms with Gasteiger partial charge in [-0.3, -0.25) is 4.79 Å². The second kappa shape index (κ2) is 6.51. The molecule has 1 rings (SSSR count). The number of hydrogen-bond acceptors (Lipinski definition) is 2. The van der Waals surface area contributed by atoms with E-state index < -0.39 is 22.9 Å². The molecule has 0 aromatic heterocycles. The highest BCUT2D eigenvalue weighted by molar-refractivity contribution is 6.21. The van der Waals surface area contributed by atoms with E-state index in [1.165, 1.54) is 19.2 Å². The van der Waals surface area contributed by atoms with Crippen molar-refractivity contribution in [1.82, 2.24) is 5.32 Å². The monoisotopic (exact) mass is 263 g/mol. The number of benzene rings is 1. The zero-order valence-corrected chi connectivity index (χ0v) is 9.93. The molecule has 1 unspecified atom stereocenters. The first-order valence-electron chi connectivity index (χ1n) is 4.91. The van der Waals surface area contributed by atoms with Crippen molar-refractivity contribution in [3.05, 3.63) is 35.4 Å². The molecule has 1 aromatic rings. The summed E-state index contributed by atoms with van der Waals surface area (Å²) in [7, 11) is 1.48. The minimum absolute atomic E-state index is 0.115. The summed E-state index contributed by atoms with van der Waals surface area (Å²) < 4.78 is 30.9. The first kappa shape index (κ1) is 13.9. The van der Waals surface area contributed by atoms with E-state index in [0.717, 1.165) is 6.07 Å². The van der Waals surface area contributed by atoms with Gasteiger partial charge in [-0.15, -0.1) is 11.6 Å². The molecular formula is C11H12ClF2NO2. The van der Waals surface area contributed by atoms with Crippen LogP contribution in [0.1, 0.15) is 10.4 Å². The molecule has 17 heavy (non-hydrogen) atoms. The molecule has 0 aliphatic carbocycles. The number of hydrogen-bond donors (Lipinski definition) is 1. The number of carbonyl (C=O) groups excluding carboxylic acids is 1. The molecule has 0 aliphatic heterocycles. The van der Waals surface area contributed by atoms with Gasteiger partial charge in [-0.1, -0.05) is 6.07 Å². The molecule has 0 saturated carbocycles. The third kappa shape index (κ3) is 3.94. The van der Waals surface area contributed by atoms with Crippen molar-refractivity contribution in [2.45, 2.75) is 5.38 Å². The van der Waals surface area contributed by atoms with E-state index in [4.69, 9.17) is 16.3 Å². The number of carbonyl (C=O) groups is 1. The zero-order valence-electron chi connectivity index (χ0n) is 9.17. The quantitative estimate of drug-likeness (QED) is 0.825. The zero-order chi connectivity index (χ0) is 12.8. The maximum atomic E-state index is 13.2. The highest BCUT2D eigenvalue weighted by Crippen LogP contribution is 2.11. The molecule has 1 N–H and O–H groups in total. The maximum Gasteiger partial charge on any atom is 0.254 e. The van der Waals surface area contributed by atoms with Crippen LogP contribution in [0.4, 0.5) is 8.78 Å². The minimum atomic E-state index is -1.16. The summed E-state index contributed by atoms with van der Waals surface area (Å²) in [6.07, 6.45) is 0. The molecule has 0 fully saturated rings.